The summed E-state index contributed by atoms with van der Waals surface area (Å²) in [6.45, 7) is 5.95. The average molecular weight is 239 g/mol. The van der Waals surface area contributed by atoms with Crippen molar-refractivity contribution in [3.63, 3.8) is 0 Å². The molecule has 0 radical (unpaired) electrons. The van der Waals surface area contributed by atoms with Crippen molar-refractivity contribution in [2.75, 3.05) is 5.32 Å². The Bertz CT molecular complexity index is 556. The Hall–Kier alpha value is -2.16. The van der Waals surface area contributed by atoms with E-state index in [0.717, 1.165) is 22.8 Å². The summed E-state index contributed by atoms with van der Waals surface area (Å²) in [6.07, 6.45) is 3.64. The van der Waals surface area contributed by atoms with Crippen LogP contribution in [-0.2, 0) is 0 Å². The second kappa shape index (κ2) is 5.45. The molecule has 3 heteroatoms. The van der Waals surface area contributed by atoms with Crippen molar-refractivity contribution in [3.05, 3.63) is 47.8 Å². The van der Waals surface area contributed by atoms with Crippen molar-refractivity contribution in [1.29, 1.82) is 0 Å². The number of rotatable bonds is 3. The van der Waals surface area contributed by atoms with E-state index in [9.17, 15) is 0 Å². The third kappa shape index (κ3) is 2.94. The fraction of sp³-hybridized carbons (Fsp3) is 0.200. The maximum Gasteiger partial charge on any atom is 0.0675 e. The summed E-state index contributed by atoms with van der Waals surface area (Å²) in [5, 5.41) is 3.32. The van der Waals surface area contributed by atoms with Crippen molar-refractivity contribution in [3.8, 4) is 0 Å². The quantitative estimate of drug-likeness (QED) is 0.816. The molecule has 0 fully saturated rings. The number of anilines is 2. The predicted molar refractivity (Wildman–Crippen MR) is 77.3 cm³/mol. The van der Waals surface area contributed by atoms with Crippen LogP contribution < -0.4 is 5.32 Å². The van der Waals surface area contributed by atoms with E-state index in [1.54, 1.807) is 6.21 Å². The molecule has 1 aromatic heterocycles. The highest BCUT2D eigenvalue weighted by Gasteiger charge is 1.99. The first-order valence-corrected chi connectivity index (χ1v) is 5.98. The van der Waals surface area contributed by atoms with Crippen LogP contribution in [0, 0.1) is 13.8 Å². The highest BCUT2D eigenvalue weighted by Crippen LogP contribution is 2.25. The molecule has 0 spiro atoms. The van der Waals surface area contributed by atoms with E-state index in [2.05, 4.69) is 28.3 Å². The summed E-state index contributed by atoms with van der Waals surface area (Å²) in [7, 11) is 0. The van der Waals surface area contributed by atoms with Gasteiger partial charge in [0, 0.05) is 17.6 Å². The predicted octanol–water partition coefficient (Wildman–Crippen LogP) is 4.16. The second-order valence-corrected chi connectivity index (χ2v) is 4.20. The summed E-state index contributed by atoms with van der Waals surface area (Å²) in [4.78, 5) is 8.60. The third-order valence-corrected chi connectivity index (χ3v) is 2.68. The number of hydrogen-bond donors (Lipinski definition) is 1. The number of nitrogens with one attached hydrogen (secondary N) is 1. The molecule has 0 aliphatic carbocycles. The van der Waals surface area contributed by atoms with Gasteiger partial charge in [0.25, 0.3) is 0 Å². The summed E-state index contributed by atoms with van der Waals surface area (Å²) in [5.41, 5.74) is 5.17. The fourth-order valence-electron chi connectivity index (χ4n) is 1.67. The molecular weight excluding hydrogens is 222 g/mol. The van der Waals surface area contributed by atoms with Crippen molar-refractivity contribution in [2.24, 2.45) is 4.99 Å². The van der Waals surface area contributed by atoms with Gasteiger partial charge in [-0.05, 0) is 50.6 Å². The van der Waals surface area contributed by atoms with E-state index in [0.29, 0.717) is 0 Å². The molecule has 1 aromatic carbocycles. The zero-order valence-corrected chi connectivity index (χ0v) is 10.9. The summed E-state index contributed by atoms with van der Waals surface area (Å²) in [6, 6.07) is 10.2. The number of aromatic nitrogens is 1. The van der Waals surface area contributed by atoms with E-state index in [-0.39, 0.29) is 0 Å². The minimum absolute atomic E-state index is 0.982. The average Bonchev–Trinajstić information content (AvgIpc) is 2.37. The first-order chi connectivity index (χ1) is 8.69. The Morgan fingerprint density at radius 2 is 1.89 bits per heavy atom. The van der Waals surface area contributed by atoms with Crippen LogP contribution in [0.1, 0.15) is 18.2 Å². The maximum absolute atomic E-state index is 4.34. The Morgan fingerprint density at radius 1 is 1.11 bits per heavy atom. The van der Waals surface area contributed by atoms with Crippen LogP contribution in [0.25, 0.3) is 0 Å². The monoisotopic (exact) mass is 239 g/mol. The lowest BCUT2D eigenvalue weighted by Gasteiger charge is -2.08. The molecule has 1 heterocycles. The molecule has 0 aliphatic rings. The molecule has 0 unspecified atom stereocenters. The molecule has 0 saturated carbocycles. The SMILES string of the molecule is CC=Nc1cc(Nc2ccc(C)nc2)ccc1C. The van der Waals surface area contributed by atoms with Gasteiger partial charge in [0.2, 0.25) is 0 Å². The zero-order chi connectivity index (χ0) is 13.0. The first kappa shape index (κ1) is 12.3. The lowest BCUT2D eigenvalue weighted by atomic mass is 10.2. The largest absolute Gasteiger partial charge is 0.354 e. The number of pyridine rings is 1. The van der Waals surface area contributed by atoms with Crippen LogP contribution in [0.3, 0.4) is 0 Å². The number of aliphatic imine (C=N–C) groups is 1. The molecule has 18 heavy (non-hydrogen) atoms. The highest BCUT2D eigenvalue weighted by molar-refractivity contribution is 5.68. The lowest BCUT2D eigenvalue weighted by molar-refractivity contribution is 1.20. The topological polar surface area (TPSA) is 37.3 Å². The van der Waals surface area contributed by atoms with E-state index in [1.807, 2.05) is 44.3 Å². The van der Waals surface area contributed by atoms with Crippen molar-refractivity contribution < 1.29 is 0 Å². The molecule has 2 aromatic rings. The first-order valence-electron chi connectivity index (χ1n) is 5.98. The van der Waals surface area contributed by atoms with Gasteiger partial charge in [0.05, 0.1) is 17.6 Å². The van der Waals surface area contributed by atoms with Gasteiger partial charge in [0.1, 0.15) is 0 Å². The molecule has 0 saturated heterocycles. The number of nitrogens with zero attached hydrogens (tertiary/aromatic N) is 2. The minimum atomic E-state index is 0.982. The molecule has 0 bridgehead atoms. The van der Waals surface area contributed by atoms with Crippen LogP contribution >= 0.6 is 0 Å². The highest BCUT2D eigenvalue weighted by atomic mass is 14.9. The standard InChI is InChI=1S/C15H17N3/c1-4-16-15-9-13(7-5-11(15)2)18-14-8-6-12(3)17-10-14/h4-10,18H,1-3H3. The van der Waals surface area contributed by atoms with Gasteiger partial charge in [-0.1, -0.05) is 6.07 Å². The minimum Gasteiger partial charge on any atom is -0.354 e. The van der Waals surface area contributed by atoms with E-state index >= 15 is 0 Å². The number of benzene rings is 1. The molecule has 0 atom stereocenters. The van der Waals surface area contributed by atoms with Gasteiger partial charge < -0.3 is 5.32 Å². The molecule has 92 valence electrons. The summed E-state index contributed by atoms with van der Waals surface area (Å²) < 4.78 is 0. The van der Waals surface area contributed by atoms with Crippen LogP contribution in [0.2, 0.25) is 0 Å². The van der Waals surface area contributed by atoms with Gasteiger partial charge >= 0.3 is 0 Å². The van der Waals surface area contributed by atoms with E-state index in [1.165, 1.54) is 5.56 Å². The van der Waals surface area contributed by atoms with Crippen molar-refractivity contribution >= 4 is 23.3 Å². The molecule has 0 amide bonds. The Morgan fingerprint density at radius 3 is 2.56 bits per heavy atom. The Labute approximate surface area is 108 Å². The van der Waals surface area contributed by atoms with Gasteiger partial charge in [-0.25, -0.2) is 0 Å². The number of aryl methyl sites for hydroxylation is 2. The van der Waals surface area contributed by atoms with Gasteiger partial charge in [0.15, 0.2) is 0 Å². The van der Waals surface area contributed by atoms with E-state index < -0.39 is 0 Å². The smallest absolute Gasteiger partial charge is 0.0675 e. The molecular formula is C15H17N3. The molecule has 1 N–H and O–H groups in total. The Kier molecular flexibility index (Phi) is 3.72. The van der Waals surface area contributed by atoms with Gasteiger partial charge in [-0.3, -0.25) is 9.98 Å². The fourth-order valence-corrected chi connectivity index (χ4v) is 1.67. The Balaban J connectivity index is 2.24. The van der Waals surface area contributed by atoms with Crippen LogP contribution in [0.4, 0.5) is 17.1 Å². The lowest BCUT2D eigenvalue weighted by Crippen LogP contribution is -1.92. The van der Waals surface area contributed by atoms with Gasteiger partial charge in [-0.2, -0.15) is 0 Å². The van der Waals surface area contributed by atoms with E-state index in [4.69, 9.17) is 0 Å². The van der Waals surface area contributed by atoms with Crippen LogP contribution in [0.15, 0.2) is 41.5 Å². The second-order valence-electron chi connectivity index (χ2n) is 4.20. The van der Waals surface area contributed by atoms with Crippen LogP contribution in [-0.4, -0.2) is 11.2 Å². The summed E-state index contributed by atoms with van der Waals surface area (Å²) >= 11 is 0. The van der Waals surface area contributed by atoms with Crippen molar-refractivity contribution in [1.82, 2.24) is 4.98 Å². The molecule has 0 aliphatic heterocycles. The maximum atomic E-state index is 4.34. The normalized spacial score (nSPS) is 10.8. The molecule has 3 nitrogen and oxygen atoms in total. The third-order valence-electron chi connectivity index (χ3n) is 2.68. The van der Waals surface area contributed by atoms with Gasteiger partial charge in [-0.15, -0.1) is 0 Å². The molecule has 2 rings (SSSR count). The van der Waals surface area contributed by atoms with Crippen LogP contribution in [0.5, 0.6) is 0 Å². The number of hydrogen-bond acceptors (Lipinski definition) is 3. The zero-order valence-electron chi connectivity index (χ0n) is 10.9. The summed E-state index contributed by atoms with van der Waals surface area (Å²) in [5.74, 6) is 0. The van der Waals surface area contributed by atoms with Crippen molar-refractivity contribution in [2.45, 2.75) is 20.8 Å².